The van der Waals surface area contributed by atoms with Crippen LogP contribution in [0, 0.1) is 0 Å². The van der Waals surface area contributed by atoms with Crippen molar-refractivity contribution in [3.05, 3.63) is 35.4 Å². The molecule has 0 bridgehead atoms. The highest BCUT2D eigenvalue weighted by Crippen LogP contribution is 2.25. The first-order valence-electron chi connectivity index (χ1n) is 8.91. The second-order valence-electron chi connectivity index (χ2n) is 6.52. The summed E-state index contributed by atoms with van der Waals surface area (Å²) >= 11 is 0. The number of piperazine rings is 1. The number of rotatable bonds is 6. The lowest BCUT2D eigenvalue weighted by Gasteiger charge is -2.35. The van der Waals surface area contributed by atoms with Crippen LogP contribution in [-0.2, 0) is 4.79 Å². The Hall–Kier alpha value is -1.39. The summed E-state index contributed by atoms with van der Waals surface area (Å²) in [6, 6.07) is 8.45. The van der Waals surface area contributed by atoms with Crippen molar-refractivity contribution in [3.8, 4) is 0 Å². The third kappa shape index (κ3) is 4.33. The average molecular weight is 317 g/mol. The standard InChI is InChI=1S/C19H31N3O/c1-5-21(6-2)18(19(23)22-13-11-20-12-14-22)17-9-7-16(8-10-17)15(3)4/h7-10,15,18,20H,5-6,11-14H2,1-4H3. The van der Waals surface area contributed by atoms with Crippen molar-refractivity contribution < 1.29 is 4.79 Å². The van der Waals surface area contributed by atoms with E-state index >= 15 is 0 Å². The molecular formula is C19H31N3O. The van der Waals surface area contributed by atoms with Crippen LogP contribution in [0.3, 0.4) is 0 Å². The minimum Gasteiger partial charge on any atom is -0.338 e. The third-order valence-electron chi connectivity index (χ3n) is 4.76. The highest BCUT2D eigenvalue weighted by Gasteiger charge is 2.30. The predicted molar refractivity (Wildman–Crippen MR) is 95.6 cm³/mol. The number of hydrogen-bond acceptors (Lipinski definition) is 3. The fourth-order valence-corrected chi connectivity index (χ4v) is 3.22. The number of carbonyl (C=O) groups is 1. The normalized spacial score (nSPS) is 16.9. The summed E-state index contributed by atoms with van der Waals surface area (Å²) in [4.78, 5) is 17.4. The molecule has 0 spiro atoms. The Balaban J connectivity index is 2.27. The van der Waals surface area contributed by atoms with Gasteiger partial charge < -0.3 is 10.2 Å². The number of nitrogens with one attached hydrogen (secondary N) is 1. The zero-order valence-corrected chi connectivity index (χ0v) is 15.0. The fraction of sp³-hybridized carbons (Fsp3) is 0.632. The van der Waals surface area contributed by atoms with Crippen molar-refractivity contribution in [1.82, 2.24) is 15.1 Å². The first-order valence-corrected chi connectivity index (χ1v) is 8.91. The molecule has 1 heterocycles. The van der Waals surface area contributed by atoms with Gasteiger partial charge in [-0.15, -0.1) is 0 Å². The van der Waals surface area contributed by atoms with E-state index in [0.717, 1.165) is 44.8 Å². The van der Waals surface area contributed by atoms with E-state index in [1.54, 1.807) is 0 Å². The molecule has 1 saturated heterocycles. The summed E-state index contributed by atoms with van der Waals surface area (Å²) in [7, 11) is 0. The van der Waals surface area contributed by atoms with Crippen LogP contribution < -0.4 is 5.32 Å². The number of hydrogen-bond donors (Lipinski definition) is 1. The minimum absolute atomic E-state index is 0.163. The molecule has 0 saturated carbocycles. The van der Waals surface area contributed by atoms with Crippen LogP contribution in [0.1, 0.15) is 50.8 Å². The Morgan fingerprint density at radius 3 is 2.09 bits per heavy atom. The zero-order chi connectivity index (χ0) is 16.8. The monoisotopic (exact) mass is 317 g/mol. The summed E-state index contributed by atoms with van der Waals surface area (Å²) < 4.78 is 0. The van der Waals surface area contributed by atoms with E-state index in [1.807, 2.05) is 4.90 Å². The highest BCUT2D eigenvalue weighted by atomic mass is 16.2. The molecule has 1 aliphatic heterocycles. The van der Waals surface area contributed by atoms with Crippen molar-refractivity contribution in [1.29, 1.82) is 0 Å². The van der Waals surface area contributed by atoms with E-state index in [4.69, 9.17) is 0 Å². The van der Waals surface area contributed by atoms with Gasteiger partial charge >= 0.3 is 0 Å². The zero-order valence-electron chi connectivity index (χ0n) is 15.0. The van der Waals surface area contributed by atoms with Gasteiger partial charge in [0.2, 0.25) is 5.91 Å². The molecule has 1 unspecified atom stereocenters. The summed E-state index contributed by atoms with van der Waals surface area (Å²) in [5, 5.41) is 3.32. The SMILES string of the molecule is CCN(CC)C(C(=O)N1CCNCC1)c1ccc(C(C)C)cc1. The van der Waals surface area contributed by atoms with Gasteiger partial charge in [0.1, 0.15) is 6.04 Å². The maximum Gasteiger partial charge on any atom is 0.244 e. The van der Waals surface area contributed by atoms with Gasteiger partial charge in [-0.2, -0.15) is 0 Å². The number of likely N-dealkylation sites (N-methyl/N-ethyl adjacent to an activating group) is 1. The molecule has 1 aromatic carbocycles. The quantitative estimate of drug-likeness (QED) is 0.876. The summed E-state index contributed by atoms with van der Waals surface area (Å²) in [6.07, 6.45) is 0. The van der Waals surface area contributed by atoms with E-state index in [0.29, 0.717) is 5.92 Å². The van der Waals surface area contributed by atoms with Crippen LogP contribution in [0.4, 0.5) is 0 Å². The number of nitrogens with zero attached hydrogens (tertiary/aromatic N) is 2. The molecule has 0 aliphatic carbocycles. The molecule has 1 aliphatic rings. The maximum absolute atomic E-state index is 13.1. The molecule has 0 radical (unpaired) electrons. The van der Waals surface area contributed by atoms with E-state index in [2.05, 4.69) is 62.2 Å². The second-order valence-corrected chi connectivity index (χ2v) is 6.52. The van der Waals surface area contributed by atoms with Gasteiger partial charge in [0, 0.05) is 26.2 Å². The van der Waals surface area contributed by atoms with Crippen LogP contribution in [0.25, 0.3) is 0 Å². The lowest BCUT2D eigenvalue weighted by atomic mass is 9.97. The van der Waals surface area contributed by atoms with Gasteiger partial charge in [-0.05, 0) is 30.1 Å². The number of benzene rings is 1. The minimum atomic E-state index is -0.163. The van der Waals surface area contributed by atoms with Crippen molar-refractivity contribution in [2.45, 2.75) is 39.7 Å². The van der Waals surface area contributed by atoms with Crippen molar-refractivity contribution >= 4 is 5.91 Å². The molecule has 0 aromatic heterocycles. The lowest BCUT2D eigenvalue weighted by molar-refractivity contribution is -0.137. The smallest absolute Gasteiger partial charge is 0.244 e. The van der Waals surface area contributed by atoms with Gasteiger partial charge in [0.05, 0.1) is 0 Å². The average Bonchev–Trinajstić information content (AvgIpc) is 2.60. The summed E-state index contributed by atoms with van der Waals surface area (Å²) in [5.41, 5.74) is 2.43. The predicted octanol–water partition coefficient (Wildman–Crippen LogP) is 2.62. The Morgan fingerprint density at radius 2 is 1.61 bits per heavy atom. The Kier molecular flexibility index (Phi) is 6.60. The van der Waals surface area contributed by atoms with E-state index in [1.165, 1.54) is 5.56 Å². The molecule has 1 aromatic rings. The molecule has 1 amide bonds. The van der Waals surface area contributed by atoms with Gasteiger partial charge in [-0.3, -0.25) is 9.69 Å². The van der Waals surface area contributed by atoms with Crippen LogP contribution in [0.5, 0.6) is 0 Å². The summed E-state index contributed by atoms with van der Waals surface area (Å²) in [6.45, 7) is 13.8. The third-order valence-corrected chi connectivity index (χ3v) is 4.76. The van der Waals surface area contributed by atoms with Crippen molar-refractivity contribution in [3.63, 3.8) is 0 Å². The number of carbonyl (C=O) groups excluding carboxylic acids is 1. The largest absolute Gasteiger partial charge is 0.338 e. The van der Waals surface area contributed by atoms with Crippen molar-refractivity contribution in [2.75, 3.05) is 39.3 Å². The van der Waals surface area contributed by atoms with Gasteiger partial charge in [0.25, 0.3) is 0 Å². The molecule has 4 nitrogen and oxygen atoms in total. The first-order chi connectivity index (χ1) is 11.1. The molecule has 23 heavy (non-hydrogen) atoms. The first kappa shape index (κ1) is 18.0. The Morgan fingerprint density at radius 1 is 1.09 bits per heavy atom. The van der Waals surface area contributed by atoms with Crippen LogP contribution >= 0.6 is 0 Å². The molecule has 1 atom stereocenters. The van der Waals surface area contributed by atoms with Crippen molar-refractivity contribution in [2.24, 2.45) is 0 Å². The van der Waals surface area contributed by atoms with Crippen LogP contribution in [-0.4, -0.2) is 55.0 Å². The Labute approximate surface area is 140 Å². The van der Waals surface area contributed by atoms with Crippen LogP contribution in [0.2, 0.25) is 0 Å². The molecule has 128 valence electrons. The topological polar surface area (TPSA) is 35.6 Å². The van der Waals surface area contributed by atoms with Crippen LogP contribution in [0.15, 0.2) is 24.3 Å². The van der Waals surface area contributed by atoms with E-state index in [9.17, 15) is 4.79 Å². The number of amides is 1. The maximum atomic E-state index is 13.1. The molecule has 1 N–H and O–H groups in total. The van der Waals surface area contributed by atoms with E-state index in [-0.39, 0.29) is 11.9 Å². The van der Waals surface area contributed by atoms with E-state index < -0.39 is 0 Å². The fourth-order valence-electron chi connectivity index (χ4n) is 3.22. The highest BCUT2D eigenvalue weighted by molar-refractivity contribution is 5.83. The molecule has 2 rings (SSSR count). The van der Waals surface area contributed by atoms with Gasteiger partial charge in [-0.25, -0.2) is 0 Å². The lowest BCUT2D eigenvalue weighted by Crippen LogP contribution is -2.50. The van der Waals surface area contributed by atoms with Gasteiger partial charge in [0.15, 0.2) is 0 Å². The second kappa shape index (κ2) is 8.46. The van der Waals surface area contributed by atoms with Gasteiger partial charge in [-0.1, -0.05) is 52.0 Å². The Bertz CT molecular complexity index is 488. The molecule has 4 heteroatoms. The molecular weight excluding hydrogens is 286 g/mol. The molecule has 1 fully saturated rings. The summed E-state index contributed by atoms with van der Waals surface area (Å²) in [5.74, 6) is 0.757.